The number of benzene rings is 3. The second-order valence-electron chi connectivity index (χ2n) is 7.23. The molecule has 0 fully saturated rings. The number of halogens is 1. The smallest absolute Gasteiger partial charge is 0.295 e. The first-order valence-electron chi connectivity index (χ1n) is 9.69. The van der Waals surface area contributed by atoms with Gasteiger partial charge in [-0.1, -0.05) is 48.0 Å². The second-order valence-corrected chi connectivity index (χ2v) is 9.06. The molecular formula is C23H19ClN2O5S. The summed E-state index contributed by atoms with van der Waals surface area (Å²) in [5, 5.41) is 1.87. The standard InChI is InChI=1S/C13H11ClN2O2.C10H8O3S/c1-8-12(16-5-4-15-7-16)13(17)10-6-9(14)2-3-11(10)18-8;11-14(12,13)10-7-3-5-8-4-1-2-6-9(8)10/h2-8,12H,1H3;1-7H,(H,11,12,13). The lowest BCUT2D eigenvalue weighted by molar-refractivity contribution is 0.0718. The monoisotopic (exact) mass is 470 g/mol. The van der Waals surface area contributed by atoms with Crippen LogP contribution in [0, 0.1) is 0 Å². The van der Waals surface area contributed by atoms with E-state index in [0.29, 0.717) is 21.7 Å². The lowest BCUT2D eigenvalue weighted by atomic mass is 9.96. The highest BCUT2D eigenvalue weighted by atomic mass is 35.5. The number of aromatic nitrogens is 2. The van der Waals surface area contributed by atoms with Crippen LogP contribution in [0.15, 0.2) is 84.3 Å². The van der Waals surface area contributed by atoms with E-state index in [1.807, 2.05) is 13.0 Å². The number of fused-ring (bicyclic) bond motifs is 2. The molecule has 4 aromatic rings. The van der Waals surface area contributed by atoms with Gasteiger partial charge in [0.05, 0.1) is 11.9 Å². The van der Waals surface area contributed by atoms with Gasteiger partial charge in [0.25, 0.3) is 10.1 Å². The van der Waals surface area contributed by atoms with Crippen molar-refractivity contribution < 1.29 is 22.5 Å². The molecule has 0 aliphatic carbocycles. The van der Waals surface area contributed by atoms with Crippen LogP contribution >= 0.6 is 11.6 Å². The van der Waals surface area contributed by atoms with E-state index in [9.17, 15) is 13.2 Å². The second kappa shape index (κ2) is 8.74. The summed E-state index contributed by atoms with van der Waals surface area (Å²) in [6.07, 6.45) is 4.80. The Balaban J connectivity index is 0.000000158. The van der Waals surface area contributed by atoms with Gasteiger partial charge < -0.3 is 9.30 Å². The molecule has 9 heteroatoms. The van der Waals surface area contributed by atoms with Gasteiger partial charge in [0, 0.05) is 22.8 Å². The first kappa shape index (κ1) is 22.0. The number of rotatable bonds is 2. The SMILES string of the molecule is CC1Oc2ccc(Cl)cc2C(=O)C1n1ccnc1.O=S(=O)(O)c1cccc2ccccc12. The Morgan fingerprint density at radius 1 is 1.09 bits per heavy atom. The quantitative estimate of drug-likeness (QED) is 0.421. The van der Waals surface area contributed by atoms with Gasteiger partial charge in [-0.05, 0) is 36.6 Å². The molecule has 32 heavy (non-hydrogen) atoms. The molecule has 0 saturated carbocycles. The minimum absolute atomic E-state index is 0.00394. The topological polar surface area (TPSA) is 98.5 Å². The molecule has 0 saturated heterocycles. The number of hydrogen-bond acceptors (Lipinski definition) is 5. The average Bonchev–Trinajstić information content (AvgIpc) is 3.28. The summed E-state index contributed by atoms with van der Waals surface area (Å²) in [4.78, 5) is 16.4. The first-order valence-corrected chi connectivity index (χ1v) is 11.5. The van der Waals surface area contributed by atoms with Crippen LogP contribution < -0.4 is 4.74 Å². The number of Topliss-reactive ketones (excluding diaryl/α,β-unsaturated/α-hetero) is 1. The van der Waals surface area contributed by atoms with Crippen molar-refractivity contribution in [2.45, 2.75) is 24.0 Å². The number of imidazole rings is 1. The zero-order chi connectivity index (χ0) is 22.9. The Labute approximate surface area is 190 Å². The van der Waals surface area contributed by atoms with Gasteiger partial charge in [0.2, 0.25) is 0 Å². The number of nitrogens with zero attached hydrogens (tertiary/aromatic N) is 2. The molecule has 0 radical (unpaired) electrons. The van der Waals surface area contributed by atoms with Crippen LogP contribution in [0.25, 0.3) is 10.8 Å². The molecule has 3 aromatic carbocycles. The normalized spacial score (nSPS) is 17.8. The molecule has 1 N–H and O–H groups in total. The maximum atomic E-state index is 12.5. The fraction of sp³-hybridized carbons (Fsp3) is 0.130. The zero-order valence-corrected chi connectivity index (χ0v) is 18.5. The van der Waals surface area contributed by atoms with Gasteiger partial charge >= 0.3 is 0 Å². The van der Waals surface area contributed by atoms with Gasteiger partial charge in [0.15, 0.2) is 5.78 Å². The predicted molar refractivity (Wildman–Crippen MR) is 121 cm³/mol. The summed E-state index contributed by atoms with van der Waals surface area (Å²) in [5.41, 5.74) is 0.527. The van der Waals surface area contributed by atoms with E-state index in [2.05, 4.69) is 4.98 Å². The van der Waals surface area contributed by atoms with E-state index >= 15 is 0 Å². The van der Waals surface area contributed by atoms with Crippen molar-refractivity contribution in [1.29, 1.82) is 0 Å². The van der Waals surface area contributed by atoms with Crippen LogP contribution in [0.3, 0.4) is 0 Å². The first-order chi connectivity index (χ1) is 15.3. The lowest BCUT2D eigenvalue weighted by Crippen LogP contribution is -2.37. The molecule has 1 aliphatic heterocycles. The fourth-order valence-electron chi connectivity index (χ4n) is 3.67. The van der Waals surface area contributed by atoms with E-state index < -0.39 is 16.2 Å². The lowest BCUT2D eigenvalue weighted by Gasteiger charge is -2.30. The predicted octanol–water partition coefficient (Wildman–Crippen LogP) is 4.83. The Bertz CT molecular complexity index is 1380. The molecule has 2 unspecified atom stereocenters. The van der Waals surface area contributed by atoms with Crippen molar-refractivity contribution in [3.8, 4) is 5.75 Å². The zero-order valence-electron chi connectivity index (χ0n) is 16.9. The minimum atomic E-state index is -4.13. The number of carbonyl (C=O) groups is 1. The number of ether oxygens (including phenoxy) is 1. The molecule has 0 spiro atoms. The molecule has 0 bridgehead atoms. The summed E-state index contributed by atoms with van der Waals surface area (Å²) in [5.74, 6) is 0.595. The van der Waals surface area contributed by atoms with Gasteiger partial charge in [-0.3, -0.25) is 9.35 Å². The maximum absolute atomic E-state index is 12.5. The van der Waals surface area contributed by atoms with Crippen LogP contribution in [-0.4, -0.2) is 34.4 Å². The van der Waals surface area contributed by atoms with Crippen molar-refractivity contribution in [2.24, 2.45) is 0 Å². The summed E-state index contributed by atoms with van der Waals surface area (Å²) in [6.45, 7) is 1.88. The summed E-state index contributed by atoms with van der Waals surface area (Å²) < 4.78 is 38.5. The molecule has 7 nitrogen and oxygen atoms in total. The Hall–Kier alpha value is -3.20. The van der Waals surface area contributed by atoms with Gasteiger partial charge in [-0.15, -0.1) is 0 Å². The minimum Gasteiger partial charge on any atom is -0.487 e. The van der Waals surface area contributed by atoms with E-state index in [4.69, 9.17) is 20.9 Å². The van der Waals surface area contributed by atoms with E-state index in [0.717, 1.165) is 5.39 Å². The largest absolute Gasteiger partial charge is 0.487 e. The Morgan fingerprint density at radius 2 is 1.84 bits per heavy atom. The molecule has 0 amide bonds. The third-order valence-corrected chi connectivity index (χ3v) is 6.25. The molecule has 2 atom stereocenters. The third kappa shape index (κ3) is 4.38. The van der Waals surface area contributed by atoms with Crippen molar-refractivity contribution in [3.05, 3.63) is 90.0 Å². The highest BCUT2D eigenvalue weighted by Gasteiger charge is 2.35. The van der Waals surface area contributed by atoms with Crippen LogP contribution in [0.2, 0.25) is 5.02 Å². The van der Waals surface area contributed by atoms with E-state index in [1.165, 1.54) is 6.07 Å². The number of hydrogen-bond donors (Lipinski definition) is 1. The Kier molecular flexibility index (Phi) is 6.01. The van der Waals surface area contributed by atoms with Crippen LogP contribution in [0.5, 0.6) is 5.75 Å². The Morgan fingerprint density at radius 3 is 2.56 bits per heavy atom. The van der Waals surface area contributed by atoms with Crippen LogP contribution in [-0.2, 0) is 10.1 Å². The van der Waals surface area contributed by atoms with Crippen molar-refractivity contribution >= 4 is 38.3 Å². The third-order valence-electron chi connectivity index (χ3n) is 5.11. The fourth-order valence-corrected chi connectivity index (χ4v) is 4.55. The van der Waals surface area contributed by atoms with Crippen molar-refractivity contribution in [3.63, 3.8) is 0 Å². The van der Waals surface area contributed by atoms with E-state index in [1.54, 1.807) is 71.8 Å². The molecule has 1 aliphatic rings. The van der Waals surface area contributed by atoms with Crippen LogP contribution in [0.4, 0.5) is 0 Å². The van der Waals surface area contributed by atoms with Gasteiger partial charge in [0.1, 0.15) is 22.8 Å². The molecule has 2 heterocycles. The molecule has 1 aromatic heterocycles. The van der Waals surface area contributed by atoms with Gasteiger partial charge in [-0.2, -0.15) is 8.42 Å². The highest BCUT2D eigenvalue weighted by Crippen LogP contribution is 2.34. The van der Waals surface area contributed by atoms with Crippen LogP contribution in [0.1, 0.15) is 23.3 Å². The van der Waals surface area contributed by atoms with Crippen molar-refractivity contribution in [1.82, 2.24) is 9.55 Å². The van der Waals surface area contributed by atoms with Gasteiger partial charge in [-0.25, -0.2) is 4.98 Å². The maximum Gasteiger partial charge on any atom is 0.295 e. The number of ketones is 1. The molecule has 164 valence electrons. The van der Waals surface area contributed by atoms with Crippen molar-refractivity contribution in [2.75, 3.05) is 0 Å². The summed E-state index contributed by atoms with van der Waals surface area (Å²) >= 11 is 5.92. The molecule has 5 rings (SSSR count). The van der Waals surface area contributed by atoms with E-state index in [-0.39, 0.29) is 16.8 Å². The number of carbonyl (C=O) groups excluding carboxylic acids is 1. The summed E-state index contributed by atoms with van der Waals surface area (Å²) in [7, 11) is -4.13. The molecular weight excluding hydrogens is 452 g/mol. The highest BCUT2D eigenvalue weighted by molar-refractivity contribution is 7.86. The summed E-state index contributed by atoms with van der Waals surface area (Å²) in [6, 6.07) is 16.5. The average molecular weight is 471 g/mol.